The molecule has 1 aromatic carbocycles. The van der Waals surface area contributed by atoms with Crippen LogP contribution in [0.5, 0.6) is 0 Å². The van der Waals surface area contributed by atoms with Gasteiger partial charge in [0.2, 0.25) is 0 Å². The molecule has 0 heterocycles. The Balaban J connectivity index is 2.42. The minimum absolute atomic E-state index is 0.173. The summed E-state index contributed by atoms with van der Waals surface area (Å²) in [5.41, 5.74) is 6.28. The second-order valence-corrected chi connectivity index (χ2v) is 3.10. The van der Waals surface area contributed by atoms with Crippen LogP contribution in [0, 0.1) is 5.82 Å². The summed E-state index contributed by atoms with van der Waals surface area (Å²) in [4.78, 5) is 0. The number of hydrogen-bond donors (Lipinski definition) is 3. The largest absolute Gasteiger partial charge is 0.399 e. The standard InChI is InChI=1S/C10H15FN2O/c11-9-7-8(12)3-4-10(9)13-5-1-2-6-14/h3-4,7,13-14H,1-2,5-6,12H2. The third-order valence-corrected chi connectivity index (χ3v) is 1.89. The number of aliphatic hydroxyl groups is 1. The number of rotatable bonds is 5. The molecular formula is C10H15FN2O. The lowest BCUT2D eigenvalue weighted by Gasteiger charge is -2.07. The lowest BCUT2D eigenvalue weighted by molar-refractivity contribution is 0.286. The number of hydrogen-bond acceptors (Lipinski definition) is 3. The number of nitrogens with one attached hydrogen (secondary N) is 1. The van der Waals surface area contributed by atoms with Crippen LogP contribution >= 0.6 is 0 Å². The third-order valence-electron chi connectivity index (χ3n) is 1.89. The van der Waals surface area contributed by atoms with Crippen LogP contribution in [0.2, 0.25) is 0 Å². The Hall–Kier alpha value is -1.29. The van der Waals surface area contributed by atoms with Crippen LogP contribution in [0.3, 0.4) is 0 Å². The molecule has 0 saturated heterocycles. The SMILES string of the molecule is Nc1ccc(NCCCCO)c(F)c1. The van der Waals surface area contributed by atoms with Gasteiger partial charge in [-0.3, -0.25) is 0 Å². The smallest absolute Gasteiger partial charge is 0.148 e. The maximum atomic E-state index is 13.2. The van der Waals surface area contributed by atoms with E-state index in [1.807, 2.05) is 0 Å². The van der Waals surface area contributed by atoms with E-state index in [4.69, 9.17) is 10.8 Å². The molecule has 0 aliphatic carbocycles. The first-order chi connectivity index (χ1) is 6.74. The number of benzene rings is 1. The van der Waals surface area contributed by atoms with Gasteiger partial charge in [0.05, 0.1) is 5.69 Å². The Bertz CT molecular complexity index is 291. The van der Waals surface area contributed by atoms with Crippen molar-refractivity contribution >= 4 is 11.4 Å². The van der Waals surface area contributed by atoms with Crippen molar-refractivity contribution in [2.75, 3.05) is 24.2 Å². The van der Waals surface area contributed by atoms with Crippen LogP contribution in [0.15, 0.2) is 18.2 Å². The zero-order valence-electron chi connectivity index (χ0n) is 7.96. The summed E-state index contributed by atoms with van der Waals surface area (Å²) < 4.78 is 13.2. The van der Waals surface area contributed by atoms with E-state index in [1.54, 1.807) is 12.1 Å². The Kier molecular flexibility index (Phi) is 4.19. The topological polar surface area (TPSA) is 58.3 Å². The molecule has 1 aromatic rings. The highest BCUT2D eigenvalue weighted by Crippen LogP contribution is 2.16. The highest BCUT2D eigenvalue weighted by atomic mass is 19.1. The predicted molar refractivity (Wildman–Crippen MR) is 55.6 cm³/mol. The summed E-state index contributed by atoms with van der Waals surface area (Å²) in [5, 5.41) is 11.5. The second-order valence-electron chi connectivity index (χ2n) is 3.10. The number of unbranched alkanes of at least 4 members (excludes halogenated alkanes) is 1. The molecule has 0 atom stereocenters. The van der Waals surface area contributed by atoms with Crippen LogP contribution < -0.4 is 11.1 Å². The van der Waals surface area contributed by atoms with Gasteiger partial charge in [0.15, 0.2) is 0 Å². The summed E-state index contributed by atoms with van der Waals surface area (Å²) in [5.74, 6) is -0.339. The highest BCUT2D eigenvalue weighted by Gasteiger charge is 2.00. The van der Waals surface area contributed by atoms with Gasteiger partial charge in [-0.05, 0) is 31.0 Å². The van der Waals surface area contributed by atoms with E-state index in [0.717, 1.165) is 12.8 Å². The van der Waals surface area contributed by atoms with Crippen LogP contribution in [-0.4, -0.2) is 18.3 Å². The average molecular weight is 198 g/mol. The van der Waals surface area contributed by atoms with Gasteiger partial charge in [0.25, 0.3) is 0 Å². The first-order valence-corrected chi connectivity index (χ1v) is 4.64. The van der Waals surface area contributed by atoms with E-state index in [1.165, 1.54) is 6.07 Å². The molecule has 0 unspecified atom stereocenters. The van der Waals surface area contributed by atoms with Crippen molar-refractivity contribution in [3.63, 3.8) is 0 Å². The van der Waals surface area contributed by atoms with E-state index in [2.05, 4.69) is 5.32 Å². The third kappa shape index (κ3) is 3.22. The fourth-order valence-corrected chi connectivity index (χ4v) is 1.13. The summed E-state index contributed by atoms with van der Waals surface area (Å²) in [7, 11) is 0. The molecule has 4 N–H and O–H groups in total. The summed E-state index contributed by atoms with van der Waals surface area (Å²) in [6, 6.07) is 4.55. The normalized spacial score (nSPS) is 10.1. The van der Waals surface area contributed by atoms with Crippen molar-refractivity contribution in [3.05, 3.63) is 24.0 Å². The monoisotopic (exact) mass is 198 g/mol. The molecule has 4 heteroatoms. The Morgan fingerprint density at radius 1 is 1.36 bits per heavy atom. The highest BCUT2D eigenvalue weighted by molar-refractivity contribution is 5.52. The van der Waals surface area contributed by atoms with Crippen molar-refractivity contribution in [1.29, 1.82) is 0 Å². The van der Waals surface area contributed by atoms with Crippen LogP contribution in [0.1, 0.15) is 12.8 Å². The summed E-state index contributed by atoms with van der Waals surface area (Å²) >= 11 is 0. The van der Waals surface area contributed by atoms with Crippen LogP contribution in [-0.2, 0) is 0 Å². The van der Waals surface area contributed by atoms with Crippen molar-refractivity contribution in [2.24, 2.45) is 0 Å². The van der Waals surface area contributed by atoms with E-state index >= 15 is 0 Å². The lowest BCUT2D eigenvalue weighted by Crippen LogP contribution is -2.04. The zero-order valence-corrected chi connectivity index (χ0v) is 7.96. The molecule has 0 aliphatic rings. The minimum Gasteiger partial charge on any atom is -0.399 e. The molecule has 3 nitrogen and oxygen atoms in total. The molecule has 14 heavy (non-hydrogen) atoms. The summed E-state index contributed by atoms with van der Waals surface area (Å²) in [6.45, 7) is 0.827. The molecule has 0 saturated carbocycles. The Labute approximate surface area is 82.7 Å². The van der Waals surface area contributed by atoms with Crippen molar-refractivity contribution in [1.82, 2.24) is 0 Å². The molecule has 0 spiro atoms. The minimum atomic E-state index is -0.339. The number of nitrogens with two attached hydrogens (primary N) is 1. The molecule has 0 bridgehead atoms. The molecule has 1 rings (SSSR count). The van der Waals surface area contributed by atoms with Gasteiger partial charge in [-0.15, -0.1) is 0 Å². The number of aliphatic hydroxyl groups excluding tert-OH is 1. The zero-order chi connectivity index (χ0) is 10.4. The fourth-order valence-electron chi connectivity index (χ4n) is 1.13. The van der Waals surface area contributed by atoms with Gasteiger partial charge in [-0.2, -0.15) is 0 Å². The maximum absolute atomic E-state index is 13.2. The van der Waals surface area contributed by atoms with Gasteiger partial charge >= 0.3 is 0 Å². The van der Waals surface area contributed by atoms with Crippen LogP contribution in [0.25, 0.3) is 0 Å². The Morgan fingerprint density at radius 3 is 2.79 bits per heavy atom. The van der Waals surface area contributed by atoms with Gasteiger partial charge < -0.3 is 16.2 Å². The number of nitrogen functional groups attached to an aromatic ring is 1. The fraction of sp³-hybridized carbons (Fsp3) is 0.400. The number of halogens is 1. The molecule has 78 valence electrons. The Morgan fingerprint density at radius 2 is 2.14 bits per heavy atom. The first kappa shape index (κ1) is 10.8. The van der Waals surface area contributed by atoms with Gasteiger partial charge in [0.1, 0.15) is 5.82 Å². The number of anilines is 2. The summed E-state index contributed by atoms with van der Waals surface area (Å²) in [6.07, 6.45) is 1.55. The van der Waals surface area contributed by atoms with Crippen molar-refractivity contribution in [2.45, 2.75) is 12.8 Å². The van der Waals surface area contributed by atoms with Gasteiger partial charge in [-0.25, -0.2) is 4.39 Å². The van der Waals surface area contributed by atoms with Crippen molar-refractivity contribution < 1.29 is 9.50 Å². The second kappa shape index (κ2) is 5.44. The molecule has 0 fully saturated rings. The molecule has 0 amide bonds. The van der Waals surface area contributed by atoms with Gasteiger partial charge in [0, 0.05) is 18.8 Å². The molecule has 0 aromatic heterocycles. The quantitative estimate of drug-likeness (QED) is 0.497. The van der Waals surface area contributed by atoms with E-state index in [9.17, 15) is 4.39 Å². The predicted octanol–water partition coefficient (Wildman–Crippen LogP) is 1.59. The average Bonchev–Trinajstić information content (AvgIpc) is 2.15. The first-order valence-electron chi connectivity index (χ1n) is 4.64. The van der Waals surface area contributed by atoms with E-state index < -0.39 is 0 Å². The van der Waals surface area contributed by atoms with Gasteiger partial charge in [-0.1, -0.05) is 0 Å². The van der Waals surface area contributed by atoms with Crippen LogP contribution in [0.4, 0.5) is 15.8 Å². The molecule has 0 radical (unpaired) electrons. The lowest BCUT2D eigenvalue weighted by atomic mass is 10.2. The maximum Gasteiger partial charge on any atom is 0.148 e. The molecule has 0 aliphatic heterocycles. The van der Waals surface area contributed by atoms with E-state index in [0.29, 0.717) is 17.9 Å². The van der Waals surface area contributed by atoms with Crippen molar-refractivity contribution in [3.8, 4) is 0 Å². The molecular weight excluding hydrogens is 183 g/mol. The van der Waals surface area contributed by atoms with E-state index in [-0.39, 0.29) is 12.4 Å².